The summed E-state index contributed by atoms with van der Waals surface area (Å²) in [7, 11) is 0. The van der Waals surface area contributed by atoms with Gasteiger partial charge in [-0.05, 0) is 32.9 Å². The summed E-state index contributed by atoms with van der Waals surface area (Å²) in [6, 6.07) is 7.30. The Kier molecular flexibility index (Phi) is 6.06. The smallest absolute Gasteiger partial charge is 0.255 e. The molecule has 0 unspecified atom stereocenters. The van der Waals surface area contributed by atoms with Gasteiger partial charge in [-0.15, -0.1) is 0 Å². The van der Waals surface area contributed by atoms with Crippen LogP contribution in [-0.2, 0) is 6.54 Å². The molecule has 1 aliphatic heterocycles. The minimum Gasteiger partial charge on any atom is -0.486 e. The zero-order chi connectivity index (χ0) is 19.4. The topological polar surface area (TPSA) is 60.9 Å². The quantitative estimate of drug-likeness (QED) is 0.747. The molecule has 0 fully saturated rings. The first-order valence-electron chi connectivity index (χ1n) is 8.98. The van der Waals surface area contributed by atoms with Gasteiger partial charge in [-0.1, -0.05) is 23.7 Å². The van der Waals surface area contributed by atoms with Crippen LogP contribution >= 0.6 is 11.6 Å². The van der Waals surface area contributed by atoms with E-state index in [1.165, 1.54) is 6.20 Å². The van der Waals surface area contributed by atoms with E-state index in [4.69, 9.17) is 25.8 Å². The Hall–Kier alpha value is -2.47. The van der Waals surface area contributed by atoms with E-state index in [1.54, 1.807) is 11.0 Å². The number of nitrogens with zero attached hydrogens (tertiary/aromatic N) is 2. The van der Waals surface area contributed by atoms with Gasteiger partial charge in [0, 0.05) is 24.8 Å². The van der Waals surface area contributed by atoms with Gasteiger partial charge in [0.1, 0.15) is 18.2 Å². The molecule has 1 aromatic carbocycles. The van der Waals surface area contributed by atoms with Crippen molar-refractivity contribution in [3.63, 3.8) is 0 Å². The molecule has 2 aromatic rings. The maximum atomic E-state index is 12.9. The summed E-state index contributed by atoms with van der Waals surface area (Å²) in [5.74, 6) is 1.58. The van der Waals surface area contributed by atoms with E-state index in [0.29, 0.717) is 54.3 Å². The highest BCUT2D eigenvalue weighted by atomic mass is 35.5. The summed E-state index contributed by atoms with van der Waals surface area (Å²) >= 11 is 6.23. The molecule has 0 atom stereocenters. The molecule has 0 aliphatic carbocycles. The van der Waals surface area contributed by atoms with Gasteiger partial charge < -0.3 is 19.1 Å². The number of benzene rings is 1. The number of rotatable bonds is 6. The summed E-state index contributed by atoms with van der Waals surface area (Å²) in [5, 5.41) is 0.319. The number of hydrogen-bond donors (Lipinski definition) is 0. The van der Waals surface area contributed by atoms with Crippen molar-refractivity contribution in [2.75, 3.05) is 19.8 Å². The van der Waals surface area contributed by atoms with E-state index in [9.17, 15) is 4.79 Å². The highest BCUT2D eigenvalue weighted by Crippen LogP contribution is 2.34. The fraction of sp³-hybridized carbons (Fsp3) is 0.400. The fourth-order valence-corrected chi connectivity index (χ4v) is 3.04. The number of aromatic nitrogens is 1. The average molecular weight is 391 g/mol. The van der Waals surface area contributed by atoms with Crippen LogP contribution in [-0.4, -0.2) is 41.7 Å². The van der Waals surface area contributed by atoms with Crippen molar-refractivity contribution >= 4 is 17.5 Å². The second-order valence-electron chi connectivity index (χ2n) is 6.44. The number of carbonyl (C=O) groups excluding carboxylic acids is 1. The van der Waals surface area contributed by atoms with Gasteiger partial charge in [0.2, 0.25) is 5.88 Å². The van der Waals surface area contributed by atoms with Crippen LogP contribution in [0.25, 0.3) is 0 Å². The number of hydrogen-bond acceptors (Lipinski definition) is 5. The summed E-state index contributed by atoms with van der Waals surface area (Å²) in [5.41, 5.74) is 1.32. The third kappa shape index (κ3) is 4.45. The molecule has 1 amide bonds. The van der Waals surface area contributed by atoms with Crippen LogP contribution in [0.5, 0.6) is 17.4 Å². The number of pyridine rings is 1. The molecule has 3 rings (SSSR count). The first-order chi connectivity index (χ1) is 13.0. The lowest BCUT2D eigenvalue weighted by Gasteiger charge is -2.25. The van der Waals surface area contributed by atoms with E-state index in [-0.39, 0.29) is 12.0 Å². The lowest BCUT2D eigenvalue weighted by atomic mass is 10.1. The zero-order valence-corrected chi connectivity index (χ0v) is 16.5. The van der Waals surface area contributed by atoms with Gasteiger partial charge in [-0.25, -0.2) is 4.98 Å². The van der Waals surface area contributed by atoms with Crippen molar-refractivity contribution in [2.45, 2.75) is 33.4 Å². The average Bonchev–Trinajstić information content (AvgIpc) is 2.67. The molecule has 1 aromatic heterocycles. The molecular formula is C20H23ClN2O4. The van der Waals surface area contributed by atoms with Crippen molar-refractivity contribution in [1.82, 2.24) is 9.88 Å². The fourth-order valence-electron chi connectivity index (χ4n) is 2.83. The van der Waals surface area contributed by atoms with Crippen molar-refractivity contribution in [2.24, 2.45) is 0 Å². The SMILES string of the molecule is CCN(Cc1cccc2c1OCCO2)C(=O)c1cnc(OC(C)C)c(Cl)c1. The Morgan fingerprint density at radius 1 is 1.33 bits per heavy atom. The molecule has 0 saturated carbocycles. The number of halogens is 1. The highest BCUT2D eigenvalue weighted by Gasteiger charge is 2.21. The van der Waals surface area contributed by atoms with E-state index in [0.717, 1.165) is 5.56 Å². The van der Waals surface area contributed by atoms with Crippen LogP contribution in [0.1, 0.15) is 36.7 Å². The molecule has 0 N–H and O–H groups in total. The number of carbonyl (C=O) groups is 1. The van der Waals surface area contributed by atoms with Gasteiger partial charge in [0.15, 0.2) is 11.5 Å². The molecule has 0 spiro atoms. The third-order valence-electron chi connectivity index (χ3n) is 4.08. The molecule has 7 heteroatoms. The Balaban J connectivity index is 1.80. The minimum atomic E-state index is -0.155. The number of para-hydroxylation sites is 1. The first-order valence-corrected chi connectivity index (χ1v) is 9.36. The van der Waals surface area contributed by atoms with E-state index < -0.39 is 0 Å². The van der Waals surface area contributed by atoms with E-state index in [2.05, 4.69) is 4.98 Å². The monoisotopic (exact) mass is 390 g/mol. The van der Waals surface area contributed by atoms with Crippen LogP contribution < -0.4 is 14.2 Å². The number of fused-ring (bicyclic) bond motifs is 1. The molecule has 6 nitrogen and oxygen atoms in total. The highest BCUT2D eigenvalue weighted by molar-refractivity contribution is 6.32. The van der Waals surface area contributed by atoms with Gasteiger partial charge in [-0.3, -0.25) is 4.79 Å². The Labute approximate surface area is 164 Å². The van der Waals surface area contributed by atoms with Crippen molar-refractivity contribution in [3.8, 4) is 17.4 Å². The predicted molar refractivity (Wildman–Crippen MR) is 103 cm³/mol. The molecule has 2 heterocycles. The predicted octanol–water partition coefficient (Wildman–Crippen LogP) is 3.96. The van der Waals surface area contributed by atoms with E-state index in [1.807, 2.05) is 39.0 Å². The molecule has 0 radical (unpaired) electrons. The van der Waals surface area contributed by atoms with Crippen molar-refractivity contribution in [3.05, 3.63) is 46.6 Å². The van der Waals surface area contributed by atoms with Crippen molar-refractivity contribution < 1.29 is 19.0 Å². The zero-order valence-electron chi connectivity index (χ0n) is 15.7. The van der Waals surface area contributed by atoms with Crippen LogP contribution in [0.4, 0.5) is 0 Å². The lowest BCUT2D eigenvalue weighted by Crippen LogP contribution is -2.31. The second-order valence-corrected chi connectivity index (χ2v) is 6.85. The number of amides is 1. The molecule has 0 bridgehead atoms. The van der Waals surface area contributed by atoms with Crippen LogP contribution in [0, 0.1) is 0 Å². The van der Waals surface area contributed by atoms with Crippen LogP contribution in [0.3, 0.4) is 0 Å². The normalized spacial score (nSPS) is 12.8. The van der Waals surface area contributed by atoms with Gasteiger partial charge in [0.05, 0.1) is 11.7 Å². The van der Waals surface area contributed by atoms with Crippen LogP contribution in [0.2, 0.25) is 5.02 Å². The van der Waals surface area contributed by atoms with Crippen molar-refractivity contribution in [1.29, 1.82) is 0 Å². The minimum absolute atomic E-state index is 0.0461. The Morgan fingerprint density at radius 3 is 2.81 bits per heavy atom. The maximum absolute atomic E-state index is 12.9. The second kappa shape index (κ2) is 8.48. The van der Waals surface area contributed by atoms with Crippen LogP contribution in [0.15, 0.2) is 30.5 Å². The molecule has 27 heavy (non-hydrogen) atoms. The largest absolute Gasteiger partial charge is 0.486 e. The lowest BCUT2D eigenvalue weighted by molar-refractivity contribution is 0.0748. The van der Waals surface area contributed by atoms with E-state index >= 15 is 0 Å². The standard InChI is InChI=1S/C20H23ClN2O4/c1-4-23(12-14-6-5-7-17-18(14)26-9-8-25-17)20(24)15-10-16(21)19(22-11-15)27-13(2)3/h5-7,10-11,13H,4,8-9,12H2,1-3H3. The third-order valence-corrected chi connectivity index (χ3v) is 4.35. The van der Waals surface area contributed by atoms with Gasteiger partial charge in [-0.2, -0.15) is 0 Å². The molecule has 1 aliphatic rings. The summed E-state index contributed by atoms with van der Waals surface area (Å²) in [6.45, 7) is 7.68. The molecule has 144 valence electrons. The molecule has 0 saturated heterocycles. The summed E-state index contributed by atoms with van der Waals surface area (Å²) < 4.78 is 16.9. The maximum Gasteiger partial charge on any atom is 0.255 e. The summed E-state index contributed by atoms with van der Waals surface area (Å²) in [4.78, 5) is 18.8. The first kappa shape index (κ1) is 19.3. The van der Waals surface area contributed by atoms with Gasteiger partial charge in [0.25, 0.3) is 5.91 Å². The number of ether oxygens (including phenoxy) is 3. The summed E-state index contributed by atoms with van der Waals surface area (Å²) in [6.07, 6.45) is 1.45. The Bertz CT molecular complexity index is 826. The van der Waals surface area contributed by atoms with Gasteiger partial charge >= 0.3 is 0 Å². The molecular weight excluding hydrogens is 368 g/mol. The Morgan fingerprint density at radius 2 is 2.11 bits per heavy atom.